The average molecular weight is 168 g/mol. The molecular formula is C8H9O2P. The van der Waals surface area contributed by atoms with E-state index in [2.05, 4.69) is 0 Å². The summed E-state index contributed by atoms with van der Waals surface area (Å²) in [5, 5.41) is 0. The molecule has 0 aromatic heterocycles. The molecule has 0 saturated heterocycles. The van der Waals surface area contributed by atoms with Crippen LogP contribution in [-0.2, 0) is 10.7 Å². The van der Waals surface area contributed by atoms with Crippen molar-refractivity contribution in [3.05, 3.63) is 29.8 Å². The normalized spacial score (nSPS) is 9.91. The zero-order chi connectivity index (χ0) is 8.10. The number of hydrogen-bond donors (Lipinski definition) is 0. The molecule has 11 heavy (non-hydrogen) atoms. The van der Waals surface area contributed by atoms with Gasteiger partial charge in [0.05, 0.1) is 13.3 Å². The van der Waals surface area contributed by atoms with Crippen molar-refractivity contribution < 1.29 is 9.30 Å². The van der Waals surface area contributed by atoms with Crippen LogP contribution in [0.5, 0.6) is 5.75 Å². The van der Waals surface area contributed by atoms with Crippen molar-refractivity contribution in [3.63, 3.8) is 0 Å². The van der Waals surface area contributed by atoms with Crippen LogP contribution in [0.2, 0.25) is 0 Å². The highest BCUT2D eigenvalue weighted by Gasteiger charge is 1.92. The molecule has 0 amide bonds. The van der Waals surface area contributed by atoms with Crippen LogP contribution in [-0.4, -0.2) is 7.11 Å². The highest BCUT2D eigenvalue weighted by molar-refractivity contribution is 7.22. The van der Waals surface area contributed by atoms with Gasteiger partial charge in [-0.15, -0.1) is 0 Å². The maximum absolute atomic E-state index is 10.2. The quantitative estimate of drug-likeness (QED) is 0.648. The lowest BCUT2D eigenvalue weighted by Crippen LogP contribution is -1.82. The number of methoxy groups -OCH3 is 1. The molecule has 58 valence electrons. The zero-order valence-corrected chi connectivity index (χ0v) is 7.17. The first-order valence-electron chi connectivity index (χ1n) is 3.29. The first kappa shape index (κ1) is 8.22. The van der Waals surface area contributed by atoms with Gasteiger partial charge in [0.1, 0.15) is 5.75 Å². The van der Waals surface area contributed by atoms with Gasteiger partial charge in [0.2, 0.25) is 0 Å². The summed E-state index contributed by atoms with van der Waals surface area (Å²) < 4.78 is 15.2. The summed E-state index contributed by atoms with van der Waals surface area (Å²) in [5.74, 6) is 0.830. The molecule has 0 bridgehead atoms. The van der Waals surface area contributed by atoms with Crippen molar-refractivity contribution in [3.8, 4) is 5.75 Å². The topological polar surface area (TPSA) is 26.3 Å². The predicted octanol–water partition coefficient (Wildman–Crippen LogP) is 2.49. The minimum atomic E-state index is 0.160. The monoisotopic (exact) mass is 168 g/mol. The van der Waals surface area contributed by atoms with Gasteiger partial charge in [-0.25, -0.2) is 0 Å². The molecule has 1 aromatic carbocycles. The van der Waals surface area contributed by atoms with Crippen LogP contribution in [0.3, 0.4) is 0 Å². The van der Waals surface area contributed by atoms with Gasteiger partial charge in [-0.05, 0) is 17.7 Å². The second-order valence-corrected chi connectivity index (χ2v) is 2.71. The van der Waals surface area contributed by atoms with Crippen LogP contribution in [0.15, 0.2) is 24.3 Å². The molecule has 0 saturated carbocycles. The number of hydrogen-bond acceptors (Lipinski definition) is 2. The Morgan fingerprint density at radius 1 is 1.36 bits per heavy atom. The van der Waals surface area contributed by atoms with Gasteiger partial charge in [0, 0.05) is 0 Å². The Hall–Kier alpha value is -0.880. The molecule has 0 unspecified atom stereocenters. The zero-order valence-electron chi connectivity index (χ0n) is 6.28. The summed E-state index contributed by atoms with van der Waals surface area (Å²) in [6, 6.07) is 7.54. The molecule has 0 aliphatic carbocycles. The van der Waals surface area contributed by atoms with E-state index in [1.807, 2.05) is 24.3 Å². The lowest BCUT2D eigenvalue weighted by atomic mass is 10.2. The van der Waals surface area contributed by atoms with Crippen LogP contribution in [0.1, 0.15) is 5.56 Å². The predicted molar refractivity (Wildman–Crippen MR) is 44.3 cm³/mol. The molecule has 1 aromatic rings. The first-order valence-corrected chi connectivity index (χ1v) is 4.28. The highest BCUT2D eigenvalue weighted by Crippen LogP contribution is 2.14. The van der Waals surface area contributed by atoms with Gasteiger partial charge >= 0.3 is 0 Å². The molecule has 0 fully saturated rings. The maximum Gasteiger partial charge on any atom is 0.160 e. The molecule has 3 heteroatoms. The summed E-state index contributed by atoms with van der Waals surface area (Å²) >= 11 is 0. The summed E-state index contributed by atoms with van der Waals surface area (Å²) in [7, 11) is 1.79. The van der Waals surface area contributed by atoms with Crippen LogP contribution >= 0.6 is 8.46 Å². The third-order valence-electron chi connectivity index (χ3n) is 1.41. The molecule has 2 nitrogen and oxygen atoms in total. The Kier molecular flexibility index (Phi) is 3.06. The van der Waals surface area contributed by atoms with Gasteiger partial charge in [-0.3, -0.25) is 4.57 Å². The van der Waals surface area contributed by atoms with Crippen molar-refractivity contribution in [2.24, 2.45) is 0 Å². The molecule has 0 aliphatic rings. The Bertz CT molecular complexity index is 230. The molecule has 0 N–H and O–H groups in total. The SMILES string of the molecule is COc1ccc(CP=O)cc1. The van der Waals surface area contributed by atoms with Gasteiger partial charge in [0.25, 0.3) is 0 Å². The Morgan fingerprint density at radius 2 is 2.00 bits per heavy atom. The molecule has 0 spiro atoms. The fourth-order valence-corrected chi connectivity index (χ4v) is 1.17. The molecule has 0 aliphatic heterocycles. The van der Waals surface area contributed by atoms with Crippen molar-refractivity contribution in [1.29, 1.82) is 0 Å². The van der Waals surface area contributed by atoms with E-state index in [-0.39, 0.29) is 8.46 Å². The second kappa shape index (κ2) is 4.09. The number of rotatable bonds is 3. The van der Waals surface area contributed by atoms with Crippen LogP contribution < -0.4 is 4.74 Å². The van der Waals surface area contributed by atoms with Gasteiger partial charge in [0.15, 0.2) is 8.46 Å². The van der Waals surface area contributed by atoms with E-state index in [0.717, 1.165) is 11.3 Å². The van der Waals surface area contributed by atoms with E-state index in [0.29, 0.717) is 6.16 Å². The minimum Gasteiger partial charge on any atom is -0.497 e. The Morgan fingerprint density at radius 3 is 2.45 bits per heavy atom. The van der Waals surface area contributed by atoms with Crippen molar-refractivity contribution in [2.45, 2.75) is 6.16 Å². The van der Waals surface area contributed by atoms with Gasteiger partial charge < -0.3 is 4.74 Å². The maximum atomic E-state index is 10.2. The summed E-state index contributed by atoms with van der Waals surface area (Å²) in [5.41, 5.74) is 1.06. The van der Waals surface area contributed by atoms with Crippen LogP contribution in [0, 0.1) is 0 Å². The standard InChI is InChI=1S/C8H9O2P/c1-10-8-4-2-7(3-5-8)6-11-9/h2-5H,6H2,1H3. The molecule has 0 heterocycles. The van der Waals surface area contributed by atoms with Crippen LogP contribution in [0.25, 0.3) is 0 Å². The fourth-order valence-electron chi connectivity index (χ4n) is 0.805. The lowest BCUT2D eigenvalue weighted by Gasteiger charge is -1.98. The third-order valence-corrected chi connectivity index (χ3v) is 1.90. The summed E-state index contributed by atoms with van der Waals surface area (Å²) in [6.07, 6.45) is 0.573. The van der Waals surface area contributed by atoms with Crippen LogP contribution in [0.4, 0.5) is 0 Å². The smallest absolute Gasteiger partial charge is 0.160 e. The first-order chi connectivity index (χ1) is 5.36. The highest BCUT2D eigenvalue weighted by atomic mass is 31.1. The Labute approximate surface area is 67.4 Å². The van der Waals surface area contributed by atoms with Crippen molar-refractivity contribution in [2.75, 3.05) is 7.11 Å². The van der Waals surface area contributed by atoms with Crippen molar-refractivity contribution in [1.82, 2.24) is 0 Å². The molecule has 0 atom stereocenters. The van der Waals surface area contributed by atoms with Gasteiger partial charge in [-0.2, -0.15) is 0 Å². The van der Waals surface area contributed by atoms with E-state index < -0.39 is 0 Å². The lowest BCUT2D eigenvalue weighted by molar-refractivity contribution is 0.414. The number of ether oxygens (including phenoxy) is 1. The van der Waals surface area contributed by atoms with E-state index in [9.17, 15) is 4.57 Å². The van der Waals surface area contributed by atoms with E-state index in [1.54, 1.807) is 7.11 Å². The summed E-state index contributed by atoms with van der Waals surface area (Å²) in [4.78, 5) is 0. The molecule has 0 radical (unpaired) electrons. The second-order valence-electron chi connectivity index (χ2n) is 2.14. The van der Waals surface area contributed by atoms with E-state index >= 15 is 0 Å². The third kappa shape index (κ3) is 2.32. The summed E-state index contributed by atoms with van der Waals surface area (Å²) in [6.45, 7) is 0. The largest absolute Gasteiger partial charge is 0.497 e. The van der Waals surface area contributed by atoms with E-state index in [4.69, 9.17) is 4.74 Å². The minimum absolute atomic E-state index is 0.160. The van der Waals surface area contributed by atoms with Crippen molar-refractivity contribution >= 4 is 8.46 Å². The fraction of sp³-hybridized carbons (Fsp3) is 0.250. The van der Waals surface area contributed by atoms with E-state index in [1.165, 1.54) is 0 Å². The Balaban J connectivity index is 2.74. The van der Waals surface area contributed by atoms with Gasteiger partial charge in [-0.1, -0.05) is 12.1 Å². The molecular weight excluding hydrogens is 159 g/mol. The average Bonchev–Trinajstić information content (AvgIpc) is 2.07. The molecule has 1 rings (SSSR count). The number of benzene rings is 1.